The van der Waals surface area contributed by atoms with Gasteiger partial charge in [0.15, 0.2) is 0 Å². The standard InChI is InChI=1S/C18H19N/c1-2-8-18-16-12-7-6-11-15(16)17(13-19-18)14-9-4-3-5-10-14/h2-7,9-12,17-19H,1,8,13H2/t17-,18?/m0/s1. The monoisotopic (exact) mass is 249 g/mol. The lowest BCUT2D eigenvalue weighted by Gasteiger charge is -2.32. The Morgan fingerprint density at radius 2 is 1.68 bits per heavy atom. The van der Waals surface area contributed by atoms with Crippen LogP contribution in [0, 0.1) is 0 Å². The van der Waals surface area contributed by atoms with Gasteiger partial charge < -0.3 is 5.32 Å². The summed E-state index contributed by atoms with van der Waals surface area (Å²) in [6.07, 6.45) is 2.98. The van der Waals surface area contributed by atoms with Gasteiger partial charge in [-0.15, -0.1) is 6.58 Å². The molecule has 0 saturated carbocycles. The van der Waals surface area contributed by atoms with E-state index >= 15 is 0 Å². The van der Waals surface area contributed by atoms with Crippen molar-refractivity contribution in [1.29, 1.82) is 0 Å². The molecule has 0 radical (unpaired) electrons. The molecule has 1 nitrogen and oxygen atoms in total. The predicted molar refractivity (Wildman–Crippen MR) is 80.3 cm³/mol. The fourth-order valence-electron chi connectivity index (χ4n) is 2.99. The molecule has 0 saturated heterocycles. The molecule has 96 valence electrons. The van der Waals surface area contributed by atoms with Crippen molar-refractivity contribution < 1.29 is 0 Å². The maximum absolute atomic E-state index is 3.86. The minimum absolute atomic E-state index is 0.411. The first-order chi connectivity index (χ1) is 9.40. The van der Waals surface area contributed by atoms with Crippen LogP contribution < -0.4 is 5.32 Å². The molecular formula is C18H19N. The van der Waals surface area contributed by atoms with Crippen LogP contribution in [0.3, 0.4) is 0 Å². The fraction of sp³-hybridized carbons (Fsp3) is 0.222. The van der Waals surface area contributed by atoms with E-state index in [1.54, 1.807) is 0 Å². The lowest BCUT2D eigenvalue weighted by molar-refractivity contribution is 0.482. The van der Waals surface area contributed by atoms with Gasteiger partial charge in [0.2, 0.25) is 0 Å². The average Bonchev–Trinajstić information content (AvgIpc) is 2.49. The zero-order valence-corrected chi connectivity index (χ0v) is 11.0. The maximum atomic E-state index is 3.86. The highest BCUT2D eigenvalue weighted by molar-refractivity contribution is 5.42. The van der Waals surface area contributed by atoms with Crippen molar-refractivity contribution in [2.45, 2.75) is 18.4 Å². The van der Waals surface area contributed by atoms with E-state index in [0.29, 0.717) is 12.0 Å². The third kappa shape index (κ3) is 2.34. The molecule has 1 N–H and O–H groups in total. The van der Waals surface area contributed by atoms with Crippen LogP contribution in [0.5, 0.6) is 0 Å². The van der Waals surface area contributed by atoms with Crippen LogP contribution in [0.15, 0.2) is 67.3 Å². The largest absolute Gasteiger partial charge is 0.309 e. The number of benzene rings is 2. The second-order valence-corrected chi connectivity index (χ2v) is 5.08. The molecular weight excluding hydrogens is 230 g/mol. The molecule has 1 heteroatoms. The van der Waals surface area contributed by atoms with E-state index in [1.165, 1.54) is 16.7 Å². The Morgan fingerprint density at radius 1 is 1.00 bits per heavy atom. The topological polar surface area (TPSA) is 12.0 Å². The molecule has 2 atom stereocenters. The molecule has 1 heterocycles. The average molecular weight is 249 g/mol. The zero-order chi connectivity index (χ0) is 13.1. The second kappa shape index (κ2) is 5.41. The summed E-state index contributed by atoms with van der Waals surface area (Å²) in [7, 11) is 0. The summed E-state index contributed by atoms with van der Waals surface area (Å²) >= 11 is 0. The molecule has 2 aromatic carbocycles. The Morgan fingerprint density at radius 3 is 2.42 bits per heavy atom. The van der Waals surface area contributed by atoms with Crippen LogP contribution in [0.4, 0.5) is 0 Å². The molecule has 19 heavy (non-hydrogen) atoms. The summed E-state index contributed by atoms with van der Waals surface area (Å²) in [5.41, 5.74) is 4.27. The van der Waals surface area contributed by atoms with Crippen molar-refractivity contribution in [1.82, 2.24) is 5.32 Å². The van der Waals surface area contributed by atoms with Gasteiger partial charge in [0, 0.05) is 18.5 Å². The highest BCUT2D eigenvalue weighted by atomic mass is 14.9. The van der Waals surface area contributed by atoms with Gasteiger partial charge in [-0.3, -0.25) is 0 Å². The van der Waals surface area contributed by atoms with Gasteiger partial charge in [-0.25, -0.2) is 0 Å². The van der Waals surface area contributed by atoms with Crippen molar-refractivity contribution in [2.24, 2.45) is 0 Å². The lowest BCUT2D eigenvalue weighted by Crippen LogP contribution is -2.33. The third-order valence-corrected chi connectivity index (χ3v) is 3.92. The molecule has 1 aliphatic rings. The Bertz CT molecular complexity index is 559. The minimum atomic E-state index is 0.411. The molecule has 0 bridgehead atoms. The van der Waals surface area contributed by atoms with Gasteiger partial charge in [-0.05, 0) is 23.1 Å². The number of hydrogen-bond acceptors (Lipinski definition) is 1. The predicted octanol–water partition coefficient (Wildman–Crippen LogP) is 4.04. The lowest BCUT2D eigenvalue weighted by atomic mass is 9.82. The first-order valence-corrected chi connectivity index (χ1v) is 6.88. The van der Waals surface area contributed by atoms with E-state index in [0.717, 1.165) is 13.0 Å². The second-order valence-electron chi connectivity index (χ2n) is 5.08. The number of nitrogens with one attached hydrogen (secondary N) is 1. The van der Waals surface area contributed by atoms with Crippen LogP contribution in [-0.2, 0) is 0 Å². The smallest absolute Gasteiger partial charge is 0.0358 e. The summed E-state index contributed by atoms with van der Waals surface area (Å²) in [4.78, 5) is 0. The number of fused-ring (bicyclic) bond motifs is 1. The molecule has 0 aromatic heterocycles. The molecule has 0 spiro atoms. The van der Waals surface area contributed by atoms with Gasteiger partial charge in [-0.2, -0.15) is 0 Å². The minimum Gasteiger partial charge on any atom is -0.309 e. The Labute approximate surface area is 115 Å². The van der Waals surface area contributed by atoms with E-state index in [1.807, 2.05) is 6.08 Å². The van der Waals surface area contributed by atoms with Gasteiger partial charge >= 0.3 is 0 Å². The van der Waals surface area contributed by atoms with Crippen LogP contribution in [0.1, 0.15) is 35.1 Å². The summed E-state index contributed by atoms with van der Waals surface area (Å²) in [6, 6.07) is 19.9. The highest BCUT2D eigenvalue weighted by Gasteiger charge is 2.26. The zero-order valence-electron chi connectivity index (χ0n) is 11.0. The molecule has 0 aliphatic carbocycles. The summed E-state index contributed by atoms with van der Waals surface area (Å²) < 4.78 is 0. The molecule has 0 amide bonds. The Hall–Kier alpha value is -1.86. The molecule has 1 aliphatic heterocycles. The van der Waals surface area contributed by atoms with E-state index < -0.39 is 0 Å². The van der Waals surface area contributed by atoms with Crippen molar-refractivity contribution in [3.05, 3.63) is 83.9 Å². The third-order valence-electron chi connectivity index (χ3n) is 3.92. The SMILES string of the molecule is C=CCC1NC[C@@H](c2ccccc2)c2ccccc21. The van der Waals surface area contributed by atoms with Gasteiger partial charge in [0.25, 0.3) is 0 Å². The van der Waals surface area contributed by atoms with E-state index in [9.17, 15) is 0 Å². The van der Waals surface area contributed by atoms with Crippen molar-refractivity contribution in [3.63, 3.8) is 0 Å². The molecule has 3 rings (SSSR count). The maximum Gasteiger partial charge on any atom is 0.0358 e. The summed E-state index contributed by atoms with van der Waals surface area (Å²) in [6.45, 7) is 4.86. The summed E-state index contributed by atoms with van der Waals surface area (Å²) in [5, 5.41) is 3.65. The van der Waals surface area contributed by atoms with Crippen LogP contribution in [-0.4, -0.2) is 6.54 Å². The molecule has 1 unspecified atom stereocenters. The number of rotatable bonds is 3. The molecule has 0 fully saturated rings. The normalized spacial score (nSPS) is 21.7. The molecule has 2 aromatic rings. The fourth-order valence-corrected chi connectivity index (χ4v) is 2.99. The number of hydrogen-bond donors (Lipinski definition) is 1. The van der Waals surface area contributed by atoms with Crippen molar-refractivity contribution in [2.75, 3.05) is 6.54 Å². The summed E-state index contributed by atoms with van der Waals surface area (Å²) in [5.74, 6) is 0.457. The van der Waals surface area contributed by atoms with Gasteiger partial charge in [0.05, 0.1) is 0 Å². The van der Waals surface area contributed by atoms with Crippen LogP contribution in [0.2, 0.25) is 0 Å². The first kappa shape index (κ1) is 12.2. The highest BCUT2D eigenvalue weighted by Crippen LogP contribution is 2.35. The Balaban J connectivity index is 2.01. The van der Waals surface area contributed by atoms with Crippen LogP contribution >= 0.6 is 0 Å². The van der Waals surface area contributed by atoms with Crippen molar-refractivity contribution >= 4 is 0 Å². The van der Waals surface area contributed by atoms with Gasteiger partial charge in [0.1, 0.15) is 0 Å². The quantitative estimate of drug-likeness (QED) is 0.810. The van der Waals surface area contributed by atoms with E-state index in [2.05, 4.69) is 66.5 Å². The van der Waals surface area contributed by atoms with Crippen molar-refractivity contribution in [3.8, 4) is 0 Å². The first-order valence-electron chi connectivity index (χ1n) is 6.88. The van der Waals surface area contributed by atoms with Crippen LogP contribution in [0.25, 0.3) is 0 Å². The Kier molecular flexibility index (Phi) is 3.47. The van der Waals surface area contributed by atoms with Gasteiger partial charge in [-0.1, -0.05) is 60.7 Å². The van der Waals surface area contributed by atoms with E-state index in [-0.39, 0.29) is 0 Å². The van der Waals surface area contributed by atoms with E-state index in [4.69, 9.17) is 0 Å².